The standard InChI is InChI=1S/C14H19NO2/c1-9-6-10(14(2,3)4)13-11(7-9)15(5)12(16)8-17-13/h6-7H,8H2,1-5H3. The van der Waals surface area contributed by atoms with Crippen molar-refractivity contribution in [1.82, 2.24) is 0 Å². The van der Waals surface area contributed by atoms with Gasteiger partial charge in [-0.15, -0.1) is 0 Å². The lowest BCUT2D eigenvalue weighted by molar-refractivity contribution is -0.121. The van der Waals surface area contributed by atoms with Crippen LogP contribution >= 0.6 is 0 Å². The Morgan fingerprint density at radius 2 is 1.94 bits per heavy atom. The SMILES string of the molecule is Cc1cc2c(c(C(C)(C)C)c1)OCC(=O)N2C. The number of aryl methyl sites for hydroxylation is 1. The van der Waals surface area contributed by atoms with Gasteiger partial charge in [-0.3, -0.25) is 4.79 Å². The van der Waals surface area contributed by atoms with Crippen LogP contribution in [0, 0.1) is 6.92 Å². The molecule has 0 saturated carbocycles. The maximum atomic E-state index is 11.6. The van der Waals surface area contributed by atoms with E-state index in [1.54, 1.807) is 11.9 Å². The first kappa shape index (κ1) is 12.0. The lowest BCUT2D eigenvalue weighted by atomic mass is 9.84. The summed E-state index contributed by atoms with van der Waals surface area (Å²) in [5, 5.41) is 0. The highest BCUT2D eigenvalue weighted by Gasteiger charge is 2.29. The Bertz CT molecular complexity index is 472. The van der Waals surface area contributed by atoms with Gasteiger partial charge in [0, 0.05) is 12.6 Å². The van der Waals surface area contributed by atoms with Gasteiger partial charge < -0.3 is 9.64 Å². The zero-order chi connectivity index (χ0) is 12.8. The summed E-state index contributed by atoms with van der Waals surface area (Å²) >= 11 is 0. The molecular formula is C14H19NO2. The summed E-state index contributed by atoms with van der Waals surface area (Å²) in [6.07, 6.45) is 0. The maximum absolute atomic E-state index is 11.6. The first-order valence-electron chi connectivity index (χ1n) is 5.85. The molecule has 0 aliphatic carbocycles. The third-order valence-corrected chi connectivity index (χ3v) is 3.10. The number of likely N-dealkylation sites (N-methyl/N-ethyl adjacent to an activating group) is 1. The van der Waals surface area contributed by atoms with Crippen LogP contribution in [0.15, 0.2) is 12.1 Å². The highest BCUT2D eigenvalue weighted by molar-refractivity contribution is 5.97. The molecule has 1 heterocycles. The Morgan fingerprint density at radius 1 is 1.29 bits per heavy atom. The number of ether oxygens (including phenoxy) is 1. The molecule has 0 fully saturated rings. The predicted octanol–water partition coefficient (Wildman–Crippen LogP) is 2.65. The van der Waals surface area contributed by atoms with Crippen molar-refractivity contribution in [2.45, 2.75) is 33.1 Å². The quantitative estimate of drug-likeness (QED) is 0.689. The lowest BCUT2D eigenvalue weighted by Crippen LogP contribution is -2.36. The zero-order valence-electron chi connectivity index (χ0n) is 11.1. The molecule has 1 amide bonds. The normalized spacial score (nSPS) is 15.6. The molecule has 0 N–H and O–H groups in total. The van der Waals surface area contributed by atoms with E-state index in [0.717, 1.165) is 22.6 Å². The number of hydrogen-bond acceptors (Lipinski definition) is 2. The van der Waals surface area contributed by atoms with Gasteiger partial charge in [-0.25, -0.2) is 0 Å². The molecule has 1 aliphatic heterocycles. The lowest BCUT2D eigenvalue weighted by Gasteiger charge is -2.32. The van der Waals surface area contributed by atoms with Crippen LogP contribution in [0.25, 0.3) is 0 Å². The average Bonchev–Trinajstić information content (AvgIpc) is 2.22. The van der Waals surface area contributed by atoms with Gasteiger partial charge in [0.1, 0.15) is 5.75 Å². The van der Waals surface area contributed by atoms with Gasteiger partial charge in [-0.05, 0) is 24.0 Å². The monoisotopic (exact) mass is 233 g/mol. The number of hydrogen-bond donors (Lipinski definition) is 0. The van der Waals surface area contributed by atoms with Gasteiger partial charge >= 0.3 is 0 Å². The Kier molecular flexibility index (Phi) is 2.64. The van der Waals surface area contributed by atoms with Crippen molar-refractivity contribution in [3.63, 3.8) is 0 Å². The Balaban J connectivity index is 2.65. The van der Waals surface area contributed by atoms with Crippen molar-refractivity contribution < 1.29 is 9.53 Å². The number of carbonyl (C=O) groups excluding carboxylic acids is 1. The van der Waals surface area contributed by atoms with E-state index in [4.69, 9.17) is 4.74 Å². The highest BCUT2D eigenvalue weighted by Crippen LogP contribution is 2.41. The fourth-order valence-electron chi connectivity index (χ4n) is 2.08. The molecule has 3 nitrogen and oxygen atoms in total. The van der Waals surface area contributed by atoms with Crippen molar-refractivity contribution in [2.75, 3.05) is 18.6 Å². The number of fused-ring (bicyclic) bond motifs is 1. The number of amides is 1. The van der Waals surface area contributed by atoms with Gasteiger partial charge in [0.15, 0.2) is 6.61 Å². The predicted molar refractivity (Wildman–Crippen MR) is 68.8 cm³/mol. The fraction of sp³-hybridized carbons (Fsp3) is 0.500. The minimum Gasteiger partial charge on any atom is -0.481 e. The highest BCUT2D eigenvalue weighted by atomic mass is 16.5. The molecule has 2 rings (SSSR count). The van der Waals surface area contributed by atoms with E-state index in [1.807, 2.05) is 13.0 Å². The van der Waals surface area contributed by atoms with Crippen molar-refractivity contribution in [1.29, 1.82) is 0 Å². The molecule has 0 spiro atoms. The Hall–Kier alpha value is -1.51. The van der Waals surface area contributed by atoms with E-state index >= 15 is 0 Å². The topological polar surface area (TPSA) is 29.5 Å². The largest absolute Gasteiger partial charge is 0.481 e. The summed E-state index contributed by atoms with van der Waals surface area (Å²) in [7, 11) is 1.80. The second-order valence-corrected chi connectivity index (χ2v) is 5.65. The Labute approximate surface area is 102 Å². The number of nitrogens with zero attached hydrogens (tertiary/aromatic N) is 1. The molecule has 0 saturated heterocycles. The zero-order valence-corrected chi connectivity index (χ0v) is 11.1. The van der Waals surface area contributed by atoms with E-state index in [9.17, 15) is 4.79 Å². The van der Waals surface area contributed by atoms with Gasteiger partial charge in [-0.1, -0.05) is 26.8 Å². The average molecular weight is 233 g/mol. The van der Waals surface area contributed by atoms with Gasteiger partial charge in [0.25, 0.3) is 5.91 Å². The van der Waals surface area contributed by atoms with Crippen LogP contribution in [0.5, 0.6) is 5.75 Å². The van der Waals surface area contributed by atoms with Crippen molar-refractivity contribution in [3.05, 3.63) is 23.3 Å². The molecular weight excluding hydrogens is 214 g/mol. The summed E-state index contributed by atoms with van der Waals surface area (Å²) in [6.45, 7) is 8.64. The van der Waals surface area contributed by atoms with Gasteiger partial charge in [-0.2, -0.15) is 0 Å². The molecule has 17 heavy (non-hydrogen) atoms. The summed E-state index contributed by atoms with van der Waals surface area (Å²) in [5.74, 6) is 0.855. The van der Waals surface area contributed by atoms with Crippen LogP contribution in [-0.2, 0) is 10.2 Å². The number of carbonyl (C=O) groups is 1. The van der Waals surface area contributed by atoms with Crippen molar-refractivity contribution in [2.24, 2.45) is 0 Å². The summed E-state index contributed by atoms with van der Waals surface area (Å²) < 4.78 is 5.63. The minimum atomic E-state index is 0.00274. The van der Waals surface area contributed by atoms with Crippen LogP contribution in [0.1, 0.15) is 31.9 Å². The van der Waals surface area contributed by atoms with E-state index in [2.05, 4.69) is 26.8 Å². The van der Waals surface area contributed by atoms with E-state index in [0.29, 0.717) is 0 Å². The fourth-order valence-corrected chi connectivity index (χ4v) is 2.08. The summed E-state index contributed by atoms with van der Waals surface area (Å²) in [5.41, 5.74) is 3.20. The maximum Gasteiger partial charge on any atom is 0.264 e. The summed E-state index contributed by atoms with van der Waals surface area (Å²) in [4.78, 5) is 13.3. The molecule has 92 valence electrons. The molecule has 3 heteroatoms. The van der Waals surface area contributed by atoms with Crippen LogP contribution in [-0.4, -0.2) is 19.6 Å². The van der Waals surface area contributed by atoms with Crippen LogP contribution in [0.2, 0.25) is 0 Å². The van der Waals surface area contributed by atoms with Crippen molar-refractivity contribution >= 4 is 11.6 Å². The number of rotatable bonds is 0. The third kappa shape index (κ3) is 2.02. The number of benzene rings is 1. The van der Waals surface area contributed by atoms with Gasteiger partial charge in [0.05, 0.1) is 5.69 Å². The first-order chi connectivity index (χ1) is 7.80. The van der Waals surface area contributed by atoms with E-state index in [1.165, 1.54) is 0 Å². The second-order valence-electron chi connectivity index (χ2n) is 5.65. The molecule has 0 aromatic heterocycles. The Morgan fingerprint density at radius 3 is 2.53 bits per heavy atom. The smallest absolute Gasteiger partial charge is 0.264 e. The van der Waals surface area contributed by atoms with Crippen LogP contribution < -0.4 is 9.64 Å². The van der Waals surface area contributed by atoms with Crippen LogP contribution in [0.4, 0.5) is 5.69 Å². The van der Waals surface area contributed by atoms with Crippen LogP contribution in [0.3, 0.4) is 0 Å². The number of anilines is 1. The van der Waals surface area contributed by atoms with Gasteiger partial charge in [0.2, 0.25) is 0 Å². The third-order valence-electron chi connectivity index (χ3n) is 3.10. The van der Waals surface area contributed by atoms with Crippen molar-refractivity contribution in [3.8, 4) is 5.75 Å². The molecule has 1 aliphatic rings. The molecule has 0 atom stereocenters. The molecule has 0 radical (unpaired) electrons. The van der Waals surface area contributed by atoms with E-state index in [-0.39, 0.29) is 17.9 Å². The summed E-state index contributed by atoms with van der Waals surface area (Å²) in [6, 6.07) is 4.14. The first-order valence-corrected chi connectivity index (χ1v) is 5.85. The minimum absolute atomic E-state index is 0.00274. The second kappa shape index (κ2) is 3.76. The van der Waals surface area contributed by atoms with E-state index < -0.39 is 0 Å². The molecule has 0 unspecified atom stereocenters. The molecule has 0 bridgehead atoms. The molecule has 1 aromatic rings. The molecule has 1 aromatic carbocycles.